The summed E-state index contributed by atoms with van der Waals surface area (Å²) < 4.78 is 1.92. The molecule has 7 nitrogen and oxygen atoms in total. The summed E-state index contributed by atoms with van der Waals surface area (Å²) in [7, 11) is 0. The maximum atomic E-state index is 13.4. The van der Waals surface area contributed by atoms with E-state index < -0.39 is 0 Å². The van der Waals surface area contributed by atoms with E-state index in [1.807, 2.05) is 11.6 Å². The molecule has 1 aromatic carbocycles. The lowest BCUT2D eigenvalue weighted by molar-refractivity contribution is 0.135. The van der Waals surface area contributed by atoms with Gasteiger partial charge in [-0.15, -0.1) is 5.10 Å². The lowest BCUT2D eigenvalue weighted by Crippen LogP contribution is -2.42. The van der Waals surface area contributed by atoms with E-state index in [1.54, 1.807) is 0 Å². The number of nitrogens with zero attached hydrogens (tertiary/aromatic N) is 5. The molecular weight excluding hydrogens is 388 g/mol. The SMILES string of the molecule is CCC(C)(C)n1nnnc1[C@@H](c1cc2cc(C)cc(C)c2[nH]c1=O)N1CCC[C@H](C)C1. The summed E-state index contributed by atoms with van der Waals surface area (Å²) in [6.45, 7) is 14.7. The van der Waals surface area contributed by atoms with Crippen LogP contribution in [0.15, 0.2) is 23.0 Å². The molecule has 1 saturated heterocycles. The summed E-state index contributed by atoms with van der Waals surface area (Å²) in [6, 6.07) is 6.01. The molecule has 0 saturated carbocycles. The van der Waals surface area contributed by atoms with Crippen LogP contribution in [0.1, 0.15) is 75.5 Å². The van der Waals surface area contributed by atoms with Crippen LogP contribution in [-0.2, 0) is 5.54 Å². The zero-order valence-corrected chi connectivity index (χ0v) is 19.6. The number of hydrogen-bond acceptors (Lipinski definition) is 5. The van der Waals surface area contributed by atoms with Crippen LogP contribution in [0.25, 0.3) is 10.9 Å². The standard InChI is InChI=1S/C24H34N6O/c1-7-24(5,6)30-22(26-27-28-30)21(29-10-8-9-15(2)14-29)19-13-18-12-16(3)11-17(4)20(18)25-23(19)31/h11-13,15,21H,7-10,14H2,1-6H3,(H,25,31)/t15-,21+/m0/s1. The van der Waals surface area contributed by atoms with Crippen molar-refractivity contribution in [1.82, 2.24) is 30.1 Å². The second-order valence-corrected chi connectivity index (χ2v) is 9.86. The summed E-state index contributed by atoms with van der Waals surface area (Å²) in [5.74, 6) is 1.32. The third kappa shape index (κ3) is 4.03. The third-order valence-electron chi connectivity index (χ3n) is 6.85. The quantitative estimate of drug-likeness (QED) is 0.670. The van der Waals surface area contributed by atoms with Crippen molar-refractivity contribution in [3.63, 3.8) is 0 Å². The van der Waals surface area contributed by atoms with Crippen LogP contribution in [0.2, 0.25) is 0 Å². The first-order valence-corrected chi connectivity index (χ1v) is 11.4. The Morgan fingerprint density at radius 1 is 1.26 bits per heavy atom. The molecule has 3 heterocycles. The minimum atomic E-state index is -0.280. The summed E-state index contributed by atoms with van der Waals surface area (Å²) in [5, 5.41) is 13.9. The fourth-order valence-electron chi connectivity index (χ4n) is 4.81. The van der Waals surface area contributed by atoms with E-state index in [9.17, 15) is 4.79 Å². The molecule has 0 aliphatic carbocycles. The van der Waals surface area contributed by atoms with Gasteiger partial charge in [0.25, 0.3) is 5.56 Å². The summed E-state index contributed by atoms with van der Waals surface area (Å²) in [5.41, 5.74) is 3.58. The van der Waals surface area contributed by atoms with Crippen LogP contribution in [0.5, 0.6) is 0 Å². The van der Waals surface area contributed by atoms with Crippen molar-refractivity contribution in [3.05, 3.63) is 51.1 Å². The molecular formula is C24H34N6O. The topological polar surface area (TPSA) is 79.7 Å². The van der Waals surface area contributed by atoms with Crippen LogP contribution in [-0.4, -0.2) is 43.2 Å². The van der Waals surface area contributed by atoms with E-state index in [1.165, 1.54) is 12.0 Å². The van der Waals surface area contributed by atoms with E-state index in [-0.39, 0.29) is 17.1 Å². The second-order valence-electron chi connectivity index (χ2n) is 9.86. The van der Waals surface area contributed by atoms with Gasteiger partial charge in [-0.1, -0.05) is 25.5 Å². The normalized spacial score (nSPS) is 19.1. The fraction of sp³-hybridized carbons (Fsp3) is 0.583. The number of aromatic nitrogens is 5. The van der Waals surface area contributed by atoms with Crippen molar-refractivity contribution in [1.29, 1.82) is 0 Å². The predicted molar refractivity (Wildman–Crippen MR) is 123 cm³/mol. The van der Waals surface area contributed by atoms with E-state index in [0.717, 1.165) is 53.8 Å². The average molecular weight is 423 g/mol. The molecule has 1 aliphatic rings. The third-order valence-corrected chi connectivity index (χ3v) is 6.85. The minimum Gasteiger partial charge on any atom is -0.321 e. The van der Waals surface area contributed by atoms with Crippen molar-refractivity contribution in [2.75, 3.05) is 13.1 Å². The zero-order valence-electron chi connectivity index (χ0n) is 19.6. The lowest BCUT2D eigenvalue weighted by atomic mass is 9.94. The molecule has 31 heavy (non-hydrogen) atoms. The van der Waals surface area contributed by atoms with Crippen molar-refractivity contribution < 1.29 is 0 Å². The number of tetrazole rings is 1. The Morgan fingerprint density at radius 2 is 2.03 bits per heavy atom. The van der Waals surface area contributed by atoms with Crippen LogP contribution in [0.3, 0.4) is 0 Å². The highest BCUT2D eigenvalue weighted by molar-refractivity contribution is 5.83. The number of H-pyrrole nitrogens is 1. The number of benzene rings is 1. The Hall–Kier alpha value is -2.54. The van der Waals surface area contributed by atoms with Crippen LogP contribution in [0.4, 0.5) is 0 Å². The lowest BCUT2D eigenvalue weighted by Gasteiger charge is -2.37. The molecule has 1 N–H and O–H groups in total. The Kier molecular flexibility index (Phi) is 5.73. The highest BCUT2D eigenvalue weighted by atomic mass is 16.1. The number of likely N-dealkylation sites (tertiary alicyclic amines) is 1. The van der Waals surface area contributed by atoms with Gasteiger partial charge in [-0.2, -0.15) is 0 Å². The summed E-state index contributed by atoms with van der Waals surface area (Å²) >= 11 is 0. The number of hydrogen-bond donors (Lipinski definition) is 1. The van der Waals surface area contributed by atoms with Gasteiger partial charge in [0.1, 0.15) is 6.04 Å². The van der Waals surface area contributed by atoms with E-state index in [0.29, 0.717) is 5.92 Å². The highest BCUT2D eigenvalue weighted by Crippen LogP contribution is 2.33. The molecule has 2 atom stereocenters. The molecule has 1 aliphatic heterocycles. The Labute approximate surface area is 183 Å². The number of rotatable bonds is 5. The number of piperidine rings is 1. The molecule has 2 aromatic heterocycles. The van der Waals surface area contributed by atoms with Crippen molar-refractivity contribution in [2.24, 2.45) is 5.92 Å². The van der Waals surface area contributed by atoms with Gasteiger partial charge < -0.3 is 4.98 Å². The largest absolute Gasteiger partial charge is 0.321 e. The van der Waals surface area contributed by atoms with Crippen LogP contribution >= 0.6 is 0 Å². The molecule has 7 heteroatoms. The first-order valence-electron chi connectivity index (χ1n) is 11.4. The maximum Gasteiger partial charge on any atom is 0.253 e. The van der Waals surface area contributed by atoms with Gasteiger partial charge in [-0.3, -0.25) is 9.69 Å². The second kappa shape index (κ2) is 8.19. The predicted octanol–water partition coefficient (Wildman–Crippen LogP) is 4.10. The van der Waals surface area contributed by atoms with Gasteiger partial charge in [-0.25, -0.2) is 4.68 Å². The Balaban J connectivity index is 1.94. The number of nitrogens with one attached hydrogen (secondary N) is 1. The van der Waals surface area contributed by atoms with Gasteiger partial charge in [0, 0.05) is 12.1 Å². The number of fused-ring (bicyclic) bond motifs is 1. The molecule has 4 rings (SSSR count). The summed E-state index contributed by atoms with van der Waals surface area (Å²) in [6.07, 6.45) is 3.21. The summed E-state index contributed by atoms with van der Waals surface area (Å²) in [4.78, 5) is 19.0. The molecule has 0 amide bonds. The van der Waals surface area contributed by atoms with Crippen molar-refractivity contribution >= 4 is 10.9 Å². The van der Waals surface area contributed by atoms with Gasteiger partial charge in [0.2, 0.25) is 0 Å². The Bertz CT molecular complexity index is 1140. The zero-order chi connectivity index (χ0) is 22.3. The average Bonchev–Trinajstić information content (AvgIpc) is 3.20. The molecule has 0 unspecified atom stereocenters. The molecule has 166 valence electrons. The van der Waals surface area contributed by atoms with Crippen molar-refractivity contribution in [3.8, 4) is 0 Å². The minimum absolute atomic E-state index is 0.0634. The monoisotopic (exact) mass is 422 g/mol. The molecule has 0 spiro atoms. The smallest absolute Gasteiger partial charge is 0.253 e. The van der Waals surface area contributed by atoms with E-state index in [2.05, 4.69) is 78.2 Å². The molecule has 3 aromatic rings. The first-order chi connectivity index (χ1) is 14.7. The number of aryl methyl sites for hydroxylation is 2. The maximum absolute atomic E-state index is 13.4. The Morgan fingerprint density at radius 3 is 2.74 bits per heavy atom. The van der Waals surface area contributed by atoms with Crippen LogP contribution in [0, 0.1) is 19.8 Å². The van der Waals surface area contributed by atoms with Crippen LogP contribution < -0.4 is 5.56 Å². The number of aromatic amines is 1. The fourth-order valence-corrected chi connectivity index (χ4v) is 4.81. The van der Waals surface area contributed by atoms with Gasteiger partial charge in [-0.05, 0) is 92.9 Å². The van der Waals surface area contributed by atoms with Gasteiger partial charge in [0.05, 0.1) is 11.1 Å². The molecule has 1 fully saturated rings. The van der Waals surface area contributed by atoms with E-state index in [4.69, 9.17) is 0 Å². The molecule has 0 radical (unpaired) electrons. The first kappa shape index (κ1) is 21.7. The van der Waals surface area contributed by atoms with Gasteiger partial charge in [0.15, 0.2) is 5.82 Å². The van der Waals surface area contributed by atoms with Gasteiger partial charge >= 0.3 is 0 Å². The highest BCUT2D eigenvalue weighted by Gasteiger charge is 2.35. The van der Waals surface area contributed by atoms with E-state index >= 15 is 0 Å². The van der Waals surface area contributed by atoms with Crippen molar-refractivity contribution in [2.45, 2.75) is 72.4 Å². The molecule has 0 bridgehead atoms. The number of pyridine rings is 1.